The fraction of sp³-hybridized carbons (Fsp3) is 0.333. The number of rotatable bonds is 4. The Hall–Kier alpha value is -1.92. The molecule has 3 N–H and O–H groups in total. The molecule has 0 aliphatic carbocycles. The molecule has 5 nitrogen and oxygen atoms in total. The SMILES string of the molecule is O[C@@H]1[C@@H](O)[C@H](Oc2cccc(Cc3ccccc3)c2)OC[C@H]1O. The average molecular weight is 316 g/mol. The van der Waals surface area contributed by atoms with Crippen LogP contribution >= 0.6 is 0 Å². The zero-order valence-electron chi connectivity index (χ0n) is 12.6. The van der Waals surface area contributed by atoms with Gasteiger partial charge in [-0.1, -0.05) is 42.5 Å². The minimum absolute atomic E-state index is 0.0768. The van der Waals surface area contributed by atoms with Crippen LogP contribution in [0.3, 0.4) is 0 Å². The Bertz CT molecular complexity index is 630. The number of hydrogen-bond donors (Lipinski definition) is 3. The first-order valence-corrected chi connectivity index (χ1v) is 7.59. The standard InChI is InChI=1S/C18H20O5/c19-15-11-22-18(17(21)16(15)20)23-14-8-4-7-13(10-14)9-12-5-2-1-3-6-12/h1-8,10,15-21H,9,11H2/t15-,16+,17-,18+/m1/s1. The number of aliphatic hydroxyl groups is 3. The third-order valence-corrected chi connectivity index (χ3v) is 3.86. The summed E-state index contributed by atoms with van der Waals surface area (Å²) in [4.78, 5) is 0. The predicted molar refractivity (Wildman–Crippen MR) is 84.1 cm³/mol. The van der Waals surface area contributed by atoms with Crippen LogP contribution in [0.1, 0.15) is 11.1 Å². The van der Waals surface area contributed by atoms with Gasteiger partial charge in [-0.05, 0) is 29.7 Å². The molecule has 0 saturated carbocycles. The van der Waals surface area contributed by atoms with E-state index in [9.17, 15) is 15.3 Å². The Morgan fingerprint density at radius 1 is 0.913 bits per heavy atom. The highest BCUT2D eigenvalue weighted by Gasteiger charge is 2.38. The maximum absolute atomic E-state index is 9.91. The van der Waals surface area contributed by atoms with Crippen LogP contribution in [-0.4, -0.2) is 46.5 Å². The lowest BCUT2D eigenvalue weighted by atomic mass is 10.0. The predicted octanol–water partition coefficient (Wildman–Crippen LogP) is 1.10. The summed E-state index contributed by atoms with van der Waals surface area (Å²) in [6.07, 6.45) is -3.90. The van der Waals surface area contributed by atoms with Crippen molar-refractivity contribution in [3.8, 4) is 5.75 Å². The first-order chi connectivity index (χ1) is 11.1. The van der Waals surface area contributed by atoms with Gasteiger partial charge >= 0.3 is 0 Å². The van der Waals surface area contributed by atoms with E-state index >= 15 is 0 Å². The summed E-state index contributed by atoms with van der Waals surface area (Å²) in [7, 11) is 0. The maximum atomic E-state index is 9.91. The van der Waals surface area contributed by atoms with Crippen molar-refractivity contribution in [2.45, 2.75) is 31.0 Å². The Labute approximate surface area is 134 Å². The molecular weight excluding hydrogens is 296 g/mol. The summed E-state index contributed by atoms with van der Waals surface area (Å²) in [6, 6.07) is 17.6. The monoisotopic (exact) mass is 316 g/mol. The minimum Gasteiger partial charge on any atom is -0.462 e. The van der Waals surface area contributed by atoms with Gasteiger partial charge in [-0.15, -0.1) is 0 Å². The Kier molecular flexibility index (Phi) is 4.93. The lowest BCUT2D eigenvalue weighted by molar-refractivity contribution is -0.242. The Balaban J connectivity index is 1.68. The number of benzene rings is 2. The van der Waals surface area contributed by atoms with Crippen molar-refractivity contribution in [2.24, 2.45) is 0 Å². The zero-order valence-corrected chi connectivity index (χ0v) is 12.6. The summed E-state index contributed by atoms with van der Waals surface area (Å²) in [6.45, 7) is -0.0768. The molecule has 4 atom stereocenters. The van der Waals surface area contributed by atoms with Gasteiger partial charge in [-0.25, -0.2) is 0 Å². The average Bonchev–Trinajstić information content (AvgIpc) is 2.57. The van der Waals surface area contributed by atoms with E-state index in [0.29, 0.717) is 5.75 Å². The highest BCUT2D eigenvalue weighted by molar-refractivity contribution is 5.32. The van der Waals surface area contributed by atoms with Gasteiger partial charge in [0, 0.05) is 0 Å². The van der Waals surface area contributed by atoms with Crippen molar-refractivity contribution in [1.29, 1.82) is 0 Å². The summed E-state index contributed by atoms with van der Waals surface area (Å²) >= 11 is 0. The second-order valence-corrected chi connectivity index (χ2v) is 5.68. The van der Waals surface area contributed by atoms with E-state index in [1.54, 1.807) is 6.07 Å². The quantitative estimate of drug-likeness (QED) is 0.787. The molecule has 0 bridgehead atoms. The van der Waals surface area contributed by atoms with Crippen LogP contribution in [0.5, 0.6) is 5.75 Å². The first-order valence-electron chi connectivity index (χ1n) is 7.59. The number of aliphatic hydroxyl groups excluding tert-OH is 3. The van der Waals surface area contributed by atoms with Crippen molar-refractivity contribution >= 4 is 0 Å². The topological polar surface area (TPSA) is 79.2 Å². The molecule has 0 amide bonds. The number of hydrogen-bond acceptors (Lipinski definition) is 5. The molecule has 122 valence electrons. The second kappa shape index (κ2) is 7.10. The van der Waals surface area contributed by atoms with Gasteiger partial charge in [0.05, 0.1) is 6.61 Å². The van der Waals surface area contributed by atoms with E-state index in [1.807, 2.05) is 36.4 Å². The molecule has 2 aromatic carbocycles. The summed E-state index contributed by atoms with van der Waals surface area (Å²) < 4.78 is 10.9. The lowest BCUT2D eigenvalue weighted by Gasteiger charge is -2.34. The van der Waals surface area contributed by atoms with Gasteiger partial charge in [0.25, 0.3) is 0 Å². The molecular formula is C18H20O5. The van der Waals surface area contributed by atoms with Crippen molar-refractivity contribution in [1.82, 2.24) is 0 Å². The Morgan fingerprint density at radius 3 is 2.43 bits per heavy atom. The van der Waals surface area contributed by atoms with Gasteiger partial charge in [0.15, 0.2) is 0 Å². The zero-order chi connectivity index (χ0) is 16.2. The summed E-state index contributed by atoms with van der Waals surface area (Å²) in [5.41, 5.74) is 2.26. The highest BCUT2D eigenvalue weighted by Crippen LogP contribution is 2.22. The van der Waals surface area contributed by atoms with E-state index in [2.05, 4.69) is 12.1 Å². The largest absolute Gasteiger partial charge is 0.462 e. The van der Waals surface area contributed by atoms with E-state index in [0.717, 1.165) is 12.0 Å². The lowest BCUT2D eigenvalue weighted by Crippen LogP contribution is -2.54. The van der Waals surface area contributed by atoms with Crippen LogP contribution in [0.2, 0.25) is 0 Å². The van der Waals surface area contributed by atoms with Crippen LogP contribution < -0.4 is 4.74 Å². The van der Waals surface area contributed by atoms with Crippen molar-refractivity contribution in [3.63, 3.8) is 0 Å². The van der Waals surface area contributed by atoms with Crippen LogP contribution in [0, 0.1) is 0 Å². The van der Waals surface area contributed by atoms with Crippen molar-refractivity contribution in [3.05, 3.63) is 65.7 Å². The second-order valence-electron chi connectivity index (χ2n) is 5.68. The van der Waals surface area contributed by atoms with Crippen LogP contribution in [0.25, 0.3) is 0 Å². The molecule has 2 aromatic rings. The van der Waals surface area contributed by atoms with Crippen LogP contribution in [0.4, 0.5) is 0 Å². The molecule has 1 aliphatic rings. The van der Waals surface area contributed by atoms with E-state index < -0.39 is 24.6 Å². The molecule has 0 radical (unpaired) electrons. The van der Waals surface area contributed by atoms with Gasteiger partial charge < -0.3 is 24.8 Å². The van der Waals surface area contributed by atoms with Gasteiger partial charge in [0.2, 0.25) is 6.29 Å². The molecule has 1 fully saturated rings. The van der Waals surface area contributed by atoms with E-state index in [-0.39, 0.29) is 6.61 Å². The van der Waals surface area contributed by atoms with E-state index in [4.69, 9.17) is 9.47 Å². The normalized spacial score (nSPS) is 27.6. The highest BCUT2D eigenvalue weighted by atomic mass is 16.7. The van der Waals surface area contributed by atoms with Crippen LogP contribution in [-0.2, 0) is 11.2 Å². The van der Waals surface area contributed by atoms with Gasteiger partial charge in [0.1, 0.15) is 24.1 Å². The fourth-order valence-corrected chi connectivity index (χ4v) is 2.58. The molecule has 1 saturated heterocycles. The molecule has 1 aliphatic heterocycles. The summed E-state index contributed by atoms with van der Waals surface area (Å²) in [5.74, 6) is 0.547. The third kappa shape index (κ3) is 3.89. The minimum atomic E-state index is -1.29. The molecule has 23 heavy (non-hydrogen) atoms. The third-order valence-electron chi connectivity index (χ3n) is 3.86. The maximum Gasteiger partial charge on any atom is 0.228 e. The molecule has 0 unspecified atom stereocenters. The Morgan fingerprint density at radius 2 is 1.65 bits per heavy atom. The van der Waals surface area contributed by atoms with Gasteiger partial charge in [-0.3, -0.25) is 0 Å². The van der Waals surface area contributed by atoms with Crippen molar-refractivity contribution in [2.75, 3.05) is 6.61 Å². The van der Waals surface area contributed by atoms with Crippen LogP contribution in [0.15, 0.2) is 54.6 Å². The first kappa shape index (κ1) is 16.0. The molecule has 0 spiro atoms. The van der Waals surface area contributed by atoms with E-state index in [1.165, 1.54) is 5.56 Å². The van der Waals surface area contributed by atoms with Crippen molar-refractivity contribution < 1.29 is 24.8 Å². The summed E-state index contributed by atoms with van der Waals surface area (Å²) in [5, 5.41) is 29.0. The molecule has 3 rings (SSSR count). The molecule has 1 heterocycles. The molecule has 0 aromatic heterocycles. The van der Waals surface area contributed by atoms with Gasteiger partial charge in [-0.2, -0.15) is 0 Å². The molecule has 5 heteroatoms. The number of ether oxygens (including phenoxy) is 2. The fourth-order valence-electron chi connectivity index (χ4n) is 2.58. The smallest absolute Gasteiger partial charge is 0.228 e.